The van der Waals surface area contributed by atoms with Gasteiger partial charge in [-0.2, -0.15) is 0 Å². The van der Waals surface area contributed by atoms with Gasteiger partial charge in [-0.3, -0.25) is 9.59 Å². The minimum absolute atomic E-state index is 0.533. The first kappa shape index (κ1) is 12.9. The number of carbonyl (C=O) groups is 2. The summed E-state index contributed by atoms with van der Waals surface area (Å²) in [6.45, 7) is 1.79. The van der Waals surface area contributed by atoms with Crippen LogP contribution in [0.2, 0.25) is 0 Å². The number of rotatable bonds is 4. The van der Waals surface area contributed by atoms with Crippen LogP contribution >= 0.6 is 0 Å². The maximum atomic E-state index is 11.5. The average Bonchev–Trinajstić information content (AvgIpc) is 2.36. The number of hydrogen-bond acceptors (Lipinski definition) is 2. The van der Waals surface area contributed by atoms with Gasteiger partial charge >= 0.3 is 0 Å². The van der Waals surface area contributed by atoms with Crippen molar-refractivity contribution in [2.45, 2.75) is 6.92 Å². The SMILES string of the molecule is CC=CN(C)C(=O)C(=O)C=Cc1ccccc1. The normalized spacial score (nSPS) is 10.9. The van der Waals surface area contributed by atoms with Gasteiger partial charge in [-0.1, -0.05) is 42.5 Å². The summed E-state index contributed by atoms with van der Waals surface area (Å²) in [5, 5.41) is 0. The molecule has 0 spiro atoms. The summed E-state index contributed by atoms with van der Waals surface area (Å²) in [4.78, 5) is 24.3. The van der Waals surface area contributed by atoms with E-state index in [4.69, 9.17) is 0 Å². The molecule has 0 aliphatic heterocycles. The first-order valence-corrected chi connectivity index (χ1v) is 5.32. The number of nitrogens with zero attached hydrogens (tertiary/aromatic N) is 1. The molecule has 1 amide bonds. The van der Waals surface area contributed by atoms with Gasteiger partial charge in [0.25, 0.3) is 5.91 Å². The van der Waals surface area contributed by atoms with E-state index >= 15 is 0 Å². The summed E-state index contributed by atoms with van der Waals surface area (Å²) in [5.41, 5.74) is 0.891. The van der Waals surface area contributed by atoms with Crippen LogP contribution in [0.4, 0.5) is 0 Å². The third-order valence-electron chi connectivity index (χ3n) is 2.13. The zero-order chi connectivity index (χ0) is 12.7. The van der Waals surface area contributed by atoms with Crippen LogP contribution in [0.15, 0.2) is 48.7 Å². The van der Waals surface area contributed by atoms with E-state index in [1.807, 2.05) is 30.3 Å². The fourth-order valence-electron chi connectivity index (χ4n) is 1.27. The smallest absolute Gasteiger partial charge is 0.297 e. The van der Waals surface area contributed by atoms with Gasteiger partial charge in [0, 0.05) is 13.2 Å². The van der Waals surface area contributed by atoms with Gasteiger partial charge in [-0.05, 0) is 18.6 Å². The molecule has 1 rings (SSSR count). The molecule has 1 aromatic carbocycles. The molecule has 0 N–H and O–H groups in total. The lowest BCUT2D eigenvalue weighted by atomic mass is 10.2. The van der Waals surface area contributed by atoms with Crippen molar-refractivity contribution in [2.24, 2.45) is 0 Å². The summed E-state index contributed by atoms with van der Waals surface area (Å²) in [6.07, 6.45) is 6.17. The lowest BCUT2D eigenvalue weighted by molar-refractivity contribution is -0.139. The molecule has 17 heavy (non-hydrogen) atoms. The van der Waals surface area contributed by atoms with Crippen LogP contribution in [0.5, 0.6) is 0 Å². The second kappa shape index (κ2) is 6.43. The molecular weight excluding hydrogens is 214 g/mol. The van der Waals surface area contributed by atoms with Gasteiger partial charge in [0.1, 0.15) is 0 Å². The molecule has 0 heterocycles. The van der Waals surface area contributed by atoms with Crippen molar-refractivity contribution in [3.8, 4) is 0 Å². The molecule has 0 unspecified atom stereocenters. The summed E-state index contributed by atoms with van der Waals surface area (Å²) in [7, 11) is 1.55. The standard InChI is InChI=1S/C14H15NO2/c1-3-11-15(2)14(17)13(16)10-9-12-7-5-4-6-8-12/h3-11H,1-2H3. The van der Waals surface area contributed by atoms with Crippen LogP contribution in [0, 0.1) is 0 Å². The Balaban J connectivity index is 2.67. The van der Waals surface area contributed by atoms with Gasteiger partial charge in [-0.25, -0.2) is 0 Å². The third-order valence-corrected chi connectivity index (χ3v) is 2.13. The largest absolute Gasteiger partial charge is 0.316 e. The lowest BCUT2D eigenvalue weighted by Gasteiger charge is -2.08. The molecule has 0 saturated carbocycles. The lowest BCUT2D eigenvalue weighted by Crippen LogP contribution is -2.27. The van der Waals surface area contributed by atoms with Crippen molar-refractivity contribution in [3.63, 3.8) is 0 Å². The highest BCUT2D eigenvalue weighted by molar-refractivity contribution is 6.41. The molecule has 0 aliphatic carbocycles. The van der Waals surface area contributed by atoms with E-state index in [2.05, 4.69) is 0 Å². The van der Waals surface area contributed by atoms with Gasteiger partial charge in [0.15, 0.2) is 0 Å². The third kappa shape index (κ3) is 4.07. The summed E-state index contributed by atoms with van der Waals surface area (Å²) < 4.78 is 0. The Hall–Kier alpha value is -2.16. The van der Waals surface area contributed by atoms with E-state index in [9.17, 15) is 9.59 Å². The Morgan fingerprint density at radius 2 is 1.82 bits per heavy atom. The number of carbonyl (C=O) groups excluding carboxylic acids is 2. The van der Waals surface area contributed by atoms with Crippen LogP contribution in [0.25, 0.3) is 6.08 Å². The van der Waals surface area contributed by atoms with Crippen molar-refractivity contribution < 1.29 is 9.59 Å². The number of benzene rings is 1. The van der Waals surface area contributed by atoms with Gasteiger partial charge < -0.3 is 4.90 Å². The van der Waals surface area contributed by atoms with Crippen molar-refractivity contribution in [1.82, 2.24) is 4.90 Å². The molecule has 0 atom stereocenters. The Kier molecular flexibility index (Phi) is 4.88. The van der Waals surface area contributed by atoms with Gasteiger partial charge in [0.2, 0.25) is 5.78 Å². The van der Waals surface area contributed by atoms with E-state index in [1.165, 1.54) is 11.0 Å². The van der Waals surface area contributed by atoms with Crippen LogP contribution < -0.4 is 0 Å². The van der Waals surface area contributed by atoms with E-state index in [1.54, 1.807) is 32.3 Å². The Morgan fingerprint density at radius 1 is 1.18 bits per heavy atom. The highest BCUT2D eigenvalue weighted by atomic mass is 16.2. The zero-order valence-electron chi connectivity index (χ0n) is 9.96. The second-order valence-electron chi connectivity index (χ2n) is 3.51. The van der Waals surface area contributed by atoms with Crippen molar-refractivity contribution in [1.29, 1.82) is 0 Å². The monoisotopic (exact) mass is 229 g/mol. The van der Waals surface area contributed by atoms with Gasteiger partial charge in [-0.15, -0.1) is 0 Å². The average molecular weight is 229 g/mol. The number of allylic oxidation sites excluding steroid dienone is 1. The topological polar surface area (TPSA) is 37.4 Å². The highest BCUT2D eigenvalue weighted by Gasteiger charge is 2.13. The number of likely N-dealkylation sites (N-methyl/N-ethyl adjacent to an activating group) is 1. The van der Waals surface area contributed by atoms with E-state index in [0.29, 0.717) is 0 Å². The van der Waals surface area contributed by atoms with Crippen LogP contribution in [0.3, 0.4) is 0 Å². The van der Waals surface area contributed by atoms with Crippen molar-refractivity contribution >= 4 is 17.8 Å². The summed E-state index contributed by atoms with van der Waals surface area (Å²) in [5.74, 6) is -1.08. The molecule has 3 heteroatoms. The molecular formula is C14H15NO2. The molecule has 0 aromatic heterocycles. The number of ketones is 1. The molecule has 3 nitrogen and oxygen atoms in total. The fourth-order valence-corrected chi connectivity index (χ4v) is 1.27. The van der Waals surface area contributed by atoms with E-state index in [0.717, 1.165) is 5.56 Å². The Labute approximate surface area is 101 Å². The van der Waals surface area contributed by atoms with E-state index < -0.39 is 11.7 Å². The van der Waals surface area contributed by atoms with Crippen molar-refractivity contribution in [3.05, 3.63) is 54.2 Å². The molecule has 88 valence electrons. The number of amides is 1. The minimum Gasteiger partial charge on any atom is -0.316 e. The molecule has 1 aromatic rings. The molecule has 0 aliphatic rings. The Morgan fingerprint density at radius 3 is 2.41 bits per heavy atom. The molecule has 0 fully saturated rings. The highest BCUT2D eigenvalue weighted by Crippen LogP contribution is 2.01. The number of hydrogen-bond donors (Lipinski definition) is 0. The minimum atomic E-state index is -0.546. The molecule has 0 bridgehead atoms. The van der Waals surface area contributed by atoms with Crippen LogP contribution in [0.1, 0.15) is 12.5 Å². The first-order valence-electron chi connectivity index (χ1n) is 5.32. The van der Waals surface area contributed by atoms with Crippen LogP contribution in [-0.4, -0.2) is 23.6 Å². The maximum absolute atomic E-state index is 11.5. The predicted octanol–water partition coefficient (Wildman–Crippen LogP) is 2.26. The quantitative estimate of drug-likeness (QED) is 0.586. The summed E-state index contributed by atoms with van der Waals surface area (Å²) in [6, 6.07) is 9.37. The predicted molar refractivity (Wildman–Crippen MR) is 68.1 cm³/mol. The first-order chi connectivity index (χ1) is 8.15. The van der Waals surface area contributed by atoms with E-state index in [-0.39, 0.29) is 0 Å². The Bertz CT molecular complexity index is 447. The molecule has 0 saturated heterocycles. The maximum Gasteiger partial charge on any atom is 0.297 e. The molecule has 0 radical (unpaired) electrons. The zero-order valence-corrected chi connectivity index (χ0v) is 9.96. The second-order valence-corrected chi connectivity index (χ2v) is 3.51. The van der Waals surface area contributed by atoms with Gasteiger partial charge in [0.05, 0.1) is 0 Å². The van der Waals surface area contributed by atoms with Crippen molar-refractivity contribution in [2.75, 3.05) is 7.05 Å². The summed E-state index contributed by atoms with van der Waals surface area (Å²) >= 11 is 0. The fraction of sp³-hybridized carbons (Fsp3) is 0.143. The van der Waals surface area contributed by atoms with Crippen LogP contribution in [-0.2, 0) is 9.59 Å².